The van der Waals surface area contributed by atoms with Gasteiger partial charge in [0.15, 0.2) is 0 Å². The zero-order valence-corrected chi connectivity index (χ0v) is 12.4. The Bertz CT molecular complexity index is 442. The maximum absolute atomic E-state index is 12.5. The molecular formula is C16H24N2O2. The van der Waals surface area contributed by atoms with Crippen molar-refractivity contribution < 1.29 is 9.53 Å². The molecule has 0 radical (unpaired) electrons. The number of nitrogens with zero attached hydrogens (tertiary/aromatic N) is 1. The molecule has 0 aliphatic carbocycles. The largest absolute Gasteiger partial charge is 0.494 e. The van der Waals surface area contributed by atoms with Crippen LogP contribution in [0.15, 0.2) is 24.3 Å². The van der Waals surface area contributed by atoms with Crippen molar-refractivity contribution in [3.05, 3.63) is 29.8 Å². The average molecular weight is 276 g/mol. The van der Waals surface area contributed by atoms with Gasteiger partial charge in [0.1, 0.15) is 5.75 Å². The smallest absolute Gasteiger partial charge is 0.253 e. The number of piperidine rings is 1. The molecule has 1 aromatic carbocycles. The van der Waals surface area contributed by atoms with E-state index < -0.39 is 0 Å². The van der Waals surface area contributed by atoms with Crippen LogP contribution in [0.3, 0.4) is 0 Å². The molecule has 2 rings (SSSR count). The van der Waals surface area contributed by atoms with E-state index in [1.54, 1.807) is 0 Å². The van der Waals surface area contributed by atoms with Crippen LogP contribution in [0.2, 0.25) is 0 Å². The molecule has 110 valence electrons. The number of benzene rings is 1. The predicted octanol–water partition coefficient (Wildman–Crippen LogP) is 2.30. The summed E-state index contributed by atoms with van der Waals surface area (Å²) in [6.07, 6.45) is 3.01. The summed E-state index contributed by atoms with van der Waals surface area (Å²) in [5.74, 6) is 0.857. The number of amides is 1. The van der Waals surface area contributed by atoms with Crippen molar-refractivity contribution in [1.82, 2.24) is 10.2 Å². The predicted molar refractivity (Wildman–Crippen MR) is 80.2 cm³/mol. The van der Waals surface area contributed by atoms with Crippen molar-refractivity contribution in [3.63, 3.8) is 0 Å². The summed E-state index contributed by atoms with van der Waals surface area (Å²) in [6, 6.07) is 7.82. The fraction of sp³-hybridized carbons (Fsp3) is 0.562. The van der Waals surface area contributed by atoms with E-state index in [0.29, 0.717) is 18.2 Å². The number of hydrogen-bond acceptors (Lipinski definition) is 3. The maximum atomic E-state index is 12.5. The molecule has 1 saturated heterocycles. The quantitative estimate of drug-likeness (QED) is 0.897. The number of hydrogen-bond donors (Lipinski definition) is 1. The Hall–Kier alpha value is -1.55. The molecule has 0 spiro atoms. The Kier molecular flexibility index (Phi) is 5.41. The van der Waals surface area contributed by atoms with Gasteiger partial charge in [0.25, 0.3) is 5.91 Å². The second-order valence-electron chi connectivity index (χ2n) is 5.27. The zero-order chi connectivity index (χ0) is 14.4. The van der Waals surface area contributed by atoms with Gasteiger partial charge in [-0.05, 0) is 50.6 Å². The van der Waals surface area contributed by atoms with Gasteiger partial charge in [-0.2, -0.15) is 0 Å². The summed E-state index contributed by atoms with van der Waals surface area (Å²) in [5.41, 5.74) is 0.708. The van der Waals surface area contributed by atoms with Crippen LogP contribution in [0.1, 0.15) is 36.5 Å². The Labute approximate surface area is 121 Å². The van der Waals surface area contributed by atoms with E-state index in [0.717, 1.165) is 38.1 Å². The first-order valence-electron chi connectivity index (χ1n) is 7.43. The molecule has 0 atom stereocenters. The third kappa shape index (κ3) is 3.73. The van der Waals surface area contributed by atoms with Crippen molar-refractivity contribution in [2.75, 3.05) is 26.7 Å². The minimum atomic E-state index is 0.0823. The van der Waals surface area contributed by atoms with E-state index in [4.69, 9.17) is 4.74 Å². The van der Waals surface area contributed by atoms with Crippen molar-refractivity contribution in [3.8, 4) is 5.75 Å². The highest BCUT2D eigenvalue weighted by Crippen LogP contribution is 2.18. The molecule has 4 nitrogen and oxygen atoms in total. The van der Waals surface area contributed by atoms with E-state index in [1.807, 2.05) is 36.2 Å². The second kappa shape index (κ2) is 7.29. The highest BCUT2D eigenvalue weighted by molar-refractivity contribution is 5.94. The molecule has 0 bridgehead atoms. The van der Waals surface area contributed by atoms with Crippen LogP contribution in [0.4, 0.5) is 0 Å². The summed E-state index contributed by atoms with van der Waals surface area (Å²) in [5, 5.41) is 3.32. The van der Waals surface area contributed by atoms with Gasteiger partial charge >= 0.3 is 0 Å². The third-order valence-electron chi connectivity index (χ3n) is 3.73. The van der Waals surface area contributed by atoms with E-state index >= 15 is 0 Å². The molecule has 1 fully saturated rings. The van der Waals surface area contributed by atoms with Crippen LogP contribution < -0.4 is 10.1 Å². The summed E-state index contributed by atoms with van der Waals surface area (Å²) >= 11 is 0. The van der Waals surface area contributed by atoms with Crippen LogP contribution in [0.5, 0.6) is 5.75 Å². The summed E-state index contributed by atoms with van der Waals surface area (Å²) in [6.45, 7) is 4.73. The van der Waals surface area contributed by atoms with Gasteiger partial charge in [0, 0.05) is 18.7 Å². The van der Waals surface area contributed by atoms with Gasteiger partial charge in [-0.15, -0.1) is 0 Å². The van der Waals surface area contributed by atoms with E-state index in [2.05, 4.69) is 12.2 Å². The average Bonchev–Trinajstić information content (AvgIpc) is 2.52. The van der Waals surface area contributed by atoms with Crippen LogP contribution in [0, 0.1) is 0 Å². The lowest BCUT2D eigenvalue weighted by Gasteiger charge is -2.31. The highest BCUT2D eigenvalue weighted by atomic mass is 16.5. The Morgan fingerprint density at radius 3 is 2.85 bits per heavy atom. The number of ether oxygens (including phenoxy) is 1. The molecule has 1 aliphatic heterocycles. The number of carbonyl (C=O) groups is 1. The molecule has 0 unspecified atom stereocenters. The molecular weight excluding hydrogens is 252 g/mol. The highest BCUT2D eigenvalue weighted by Gasteiger charge is 2.22. The van der Waals surface area contributed by atoms with Crippen LogP contribution in [-0.2, 0) is 0 Å². The van der Waals surface area contributed by atoms with Gasteiger partial charge in [-0.25, -0.2) is 0 Å². The molecule has 0 saturated carbocycles. The van der Waals surface area contributed by atoms with E-state index in [9.17, 15) is 4.79 Å². The molecule has 4 heteroatoms. The SMILES string of the molecule is CCCOc1cccc(C(=O)N(C)C2CCNCC2)c1. The topological polar surface area (TPSA) is 41.6 Å². The second-order valence-corrected chi connectivity index (χ2v) is 5.27. The number of nitrogens with one attached hydrogen (secondary N) is 1. The summed E-state index contributed by atoms with van der Waals surface area (Å²) in [4.78, 5) is 14.4. The minimum absolute atomic E-state index is 0.0823. The van der Waals surface area contributed by atoms with Crippen molar-refractivity contribution >= 4 is 5.91 Å². The van der Waals surface area contributed by atoms with Crippen LogP contribution in [0.25, 0.3) is 0 Å². The first-order valence-corrected chi connectivity index (χ1v) is 7.43. The van der Waals surface area contributed by atoms with E-state index in [1.165, 1.54) is 0 Å². The molecule has 1 aliphatic rings. The lowest BCUT2D eigenvalue weighted by molar-refractivity contribution is 0.0703. The maximum Gasteiger partial charge on any atom is 0.253 e. The van der Waals surface area contributed by atoms with Crippen LogP contribution in [-0.4, -0.2) is 43.6 Å². The zero-order valence-electron chi connectivity index (χ0n) is 12.4. The van der Waals surface area contributed by atoms with Gasteiger partial charge in [0.2, 0.25) is 0 Å². The molecule has 1 aromatic rings. The third-order valence-corrected chi connectivity index (χ3v) is 3.73. The van der Waals surface area contributed by atoms with Crippen molar-refractivity contribution in [2.24, 2.45) is 0 Å². The van der Waals surface area contributed by atoms with Gasteiger partial charge in [-0.3, -0.25) is 4.79 Å². The van der Waals surface area contributed by atoms with Crippen LogP contribution >= 0.6 is 0 Å². The molecule has 0 aromatic heterocycles. The molecule has 1 amide bonds. The molecule has 20 heavy (non-hydrogen) atoms. The normalized spacial score (nSPS) is 15.9. The Morgan fingerprint density at radius 2 is 2.15 bits per heavy atom. The Morgan fingerprint density at radius 1 is 1.40 bits per heavy atom. The fourth-order valence-electron chi connectivity index (χ4n) is 2.50. The minimum Gasteiger partial charge on any atom is -0.494 e. The number of carbonyl (C=O) groups excluding carboxylic acids is 1. The van der Waals surface area contributed by atoms with Gasteiger partial charge in [0.05, 0.1) is 6.61 Å². The monoisotopic (exact) mass is 276 g/mol. The lowest BCUT2D eigenvalue weighted by atomic mass is 10.0. The van der Waals surface area contributed by atoms with Gasteiger partial charge < -0.3 is 15.0 Å². The van der Waals surface area contributed by atoms with Crippen molar-refractivity contribution in [2.45, 2.75) is 32.2 Å². The fourth-order valence-corrected chi connectivity index (χ4v) is 2.50. The molecule has 1 N–H and O–H groups in total. The lowest BCUT2D eigenvalue weighted by Crippen LogP contribution is -2.43. The Balaban J connectivity index is 2.03. The first kappa shape index (κ1) is 14.9. The number of rotatable bonds is 5. The standard InChI is InChI=1S/C16H24N2O2/c1-3-11-20-15-6-4-5-13(12-15)16(19)18(2)14-7-9-17-10-8-14/h4-6,12,14,17H,3,7-11H2,1-2H3. The van der Waals surface area contributed by atoms with E-state index in [-0.39, 0.29) is 5.91 Å². The van der Waals surface area contributed by atoms with Gasteiger partial charge in [-0.1, -0.05) is 13.0 Å². The molecule has 1 heterocycles. The first-order chi connectivity index (χ1) is 9.72. The summed E-state index contributed by atoms with van der Waals surface area (Å²) in [7, 11) is 1.90. The van der Waals surface area contributed by atoms with Crippen molar-refractivity contribution in [1.29, 1.82) is 0 Å². The summed E-state index contributed by atoms with van der Waals surface area (Å²) < 4.78 is 5.59.